The van der Waals surface area contributed by atoms with E-state index in [1.54, 1.807) is 0 Å². The van der Waals surface area contributed by atoms with Gasteiger partial charge < -0.3 is 25.4 Å². The van der Waals surface area contributed by atoms with Gasteiger partial charge in [0.15, 0.2) is 23.2 Å². The number of nitrogens with zero attached hydrogens (tertiary/aromatic N) is 4. The van der Waals surface area contributed by atoms with Crippen molar-refractivity contribution < 1.29 is 20.1 Å². The first-order valence-corrected chi connectivity index (χ1v) is 7.08. The Labute approximate surface area is 126 Å². The summed E-state index contributed by atoms with van der Waals surface area (Å²) in [5, 5.41) is 33.0. The van der Waals surface area contributed by atoms with Gasteiger partial charge in [-0.15, -0.1) is 0 Å². The molecule has 1 aliphatic rings. The molecule has 0 aliphatic carbocycles. The van der Waals surface area contributed by atoms with Crippen LogP contribution in [0.15, 0.2) is 12.7 Å². The van der Waals surface area contributed by atoms with Crippen molar-refractivity contribution in [1.29, 1.82) is 0 Å². The number of aromatic nitrogens is 4. The number of fused-ring (bicyclic) bond motifs is 1. The Hall–Kier alpha value is -1.81. The highest BCUT2D eigenvalue weighted by atomic mass is 16.6. The van der Waals surface area contributed by atoms with Crippen LogP contribution in [0.2, 0.25) is 0 Å². The molecule has 3 heterocycles. The Morgan fingerprint density at radius 3 is 2.82 bits per heavy atom. The molecule has 22 heavy (non-hydrogen) atoms. The van der Waals surface area contributed by atoms with Gasteiger partial charge in [0.25, 0.3) is 0 Å². The van der Waals surface area contributed by atoms with E-state index < -0.39 is 30.6 Å². The average Bonchev–Trinajstić information content (AvgIpc) is 3.01. The molecule has 4 N–H and O–H groups in total. The van der Waals surface area contributed by atoms with Gasteiger partial charge in [-0.2, -0.15) is 0 Å². The summed E-state index contributed by atoms with van der Waals surface area (Å²) in [6, 6.07) is 0. The highest BCUT2D eigenvalue weighted by molar-refractivity contribution is 5.82. The third-order valence-electron chi connectivity index (χ3n) is 3.89. The second kappa shape index (κ2) is 5.43. The van der Waals surface area contributed by atoms with Gasteiger partial charge in [0.05, 0.1) is 12.9 Å². The molecular formula is C13H19N5O4. The van der Waals surface area contributed by atoms with Gasteiger partial charge in [0.1, 0.15) is 24.1 Å². The Kier molecular flexibility index (Phi) is 3.73. The van der Waals surface area contributed by atoms with Crippen LogP contribution < -0.4 is 5.32 Å². The van der Waals surface area contributed by atoms with Crippen molar-refractivity contribution >= 4 is 17.0 Å². The van der Waals surface area contributed by atoms with Crippen molar-refractivity contribution in [1.82, 2.24) is 19.5 Å². The molecule has 0 spiro atoms. The van der Waals surface area contributed by atoms with Crippen LogP contribution in [0.25, 0.3) is 11.2 Å². The van der Waals surface area contributed by atoms with Crippen LogP contribution in [-0.4, -0.2) is 65.8 Å². The average molecular weight is 309 g/mol. The van der Waals surface area contributed by atoms with Crippen molar-refractivity contribution in [2.75, 3.05) is 18.5 Å². The van der Waals surface area contributed by atoms with E-state index in [9.17, 15) is 15.3 Å². The Balaban J connectivity index is 2.06. The predicted octanol–water partition coefficient (Wildman–Crippen LogP) is -0.740. The molecule has 0 amide bonds. The van der Waals surface area contributed by atoms with Crippen molar-refractivity contribution in [3.63, 3.8) is 0 Å². The predicted molar refractivity (Wildman–Crippen MR) is 77.1 cm³/mol. The molecule has 0 aromatic carbocycles. The van der Waals surface area contributed by atoms with Crippen molar-refractivity contribution in [2.24, 2.45) is 0 Å². The van der Waals surface area contributed by atoms with Crippen LogP contribution >= 0.6 is 0 Å². The third-order valence-corrected chi connectivity index (χ3v) is 3.89. The van der Waals surface area contributed by atoms with Crippen LogP contribution in [0, 0.1) is 0 Å². The molecule has 4 atom stereocenters. The maximum atomic E-state index is 10.5. The lowest BCUT2D eigenvalue weighted by Gasteiger charge is -2.27. The van der Waals surface area contributed by atoms with E-state index in [1.807, 2.05) is 6.92 Å². The second-order valence-electron chi connectivity index (χ2n) is 5.46. The minimum Gasteiger partial charge on any atom is -0.394 e. The number of rotatable bonds is 4. The maximum absolute atomic E-state index is 10.5. The molecule has 0 unspecified atom stereocenters. The number of hydrogen-bond acceptors (Lipinski definition) is 8. The third kappa shape index (κ3) is 2.13. The summed E-state index contributed by atoms with van der Waals surface area (Å²) >= 11 is 0. The standard InChI is InChI=1S/C13H19N5O4/c1-3-14-10-8-11(16-5-15-10)18(6-17-8)12-13(2,21)9(20)7(4-19)22-12/h5-7,9,12,19-21H,3-4H2,1-2H3,(H,14,15,16)/t7-,9-,12-,13-/m1/s1. The zero-order valence-electron chi connectivity index (χ0n) is 12.3. The Bertz CT molecular complexity index is 673. The van der Waals surface area contributed by atoms with Gasteiger partial charge >= 0.3 is 0 Å². The van der Waals surface area contributed by atoms with Crippen LogP contribution in [0.3, 0.4) is 0 Å². The topological polar surface area (TPSA) is 126 Å². The molecule has 120 valence electrons. The van der Waals surface area contributed by atoms with Crippen LogP contribution in [-0.2, 0) is 4.74 Å². The molecule has 1 aliphatic heterocycles. The summed E-state index contributed by atoms with van der Waals surface area (Å²) in [5.74, 6) is 0.586. The molecule has 1 saturated heterocycles. The number of aliphatic hydroxyl groups excluding tert-OH is 2. The van der Waals surface area contributed by atoms with Crippen LogP contribution in [0.4, 0.5) is 5.82 Å². The number of ether oxygens (including phenoxy) is 1. The van der Waals surface area contributed by atoms with Gasteiger partial charge in [-0.25, -0.2) is 15.0 Å². The minimum atomic E-state index is -1.58. The SMILES string of the molecule is CCNc1ncnc2c1ncn2[C@@H]1O[C@H](CO)[C@@H](O)[C@@]1(C)O. The summed E-state index contributed by atoms with van der Waals surface area (Å²) in [5.41, 5.74) is -0.558. The Morgan fingerprint density at radius 1 is 1.41 bits per heavy atom. The second-order valence-corrected chi connectivity index (χ2v) is 5.46. The molecule has 0 bridgehead atoms. The number of aliphatic hydroxyl groups is 3. The zero-order valence-corrected chi connectivity index (χ0v) is 12.3. The lowest BCUT2D eigenvalue weighted by atomic mass is 9.96. The number of anilines is 1. The van der Waals surface area contributed by atoms with Crippen LogP contribution in [0.1, 0.15) is 20.1 Å². The summed E-state index contributed by atoms with van der Waals surface area (Å²) in [7, 11) is 0. The monoisotopic (exact) mass is 309 g/mol. The minimum absolute atomic E-state index is 0.391. The van der Waals surface area contributed by atoms with E-state index in [1.165, 1.54) is 24.1 Å². The van der Waals surface area contributed by atoms with E-state index in [0.717, 1.165) is 0 Å². The Morgan fingerprint density at radius 2 is 2.18 bits per heavy atom. The van der Waals surface area contributed by atoms with Gasteiger partial charge in [-0.3, -0.25) is 4.57 Å². The van der Waals surface area contributed by atoms with Gasteiger partial charge in [-0.1, -0.05) is 0 Å². The molecule has 2 aromatic heterocycles. The van der Waals surface area contributed by atoms with Crippen molar-refractivity contribution in [3.8, 4) is 0 Å². The highest BCUT2D eigenvalue weighted by Gasteiger charge is 2.53. The van der Waals surface area contributed by atoms with E-state index in [2.05, 4.69) is 20.3 Å². The van der Waals surface area contributed by atoms with Crippen LogP contribution in [0.5, 0.6) is 0 Å². The smallest absolute Gasteiger partial charge is 0.168 e. The molecule has 0 radical (unpaired) electrons. The van der Waals surface area contributed by atoms with Crippen molar-refractivity contribution in [3.05, 3.63) is 12.7 Å². The maximum Gasteiger partial charge on any atom is 0.168 e. The molecule has 9 nitrogen and oxygen atoms in total. The highest BCUT2D eigenvalue weighted by Crippen LogP contribution is 2.39. The van der Waals surface area contributed by atoms with E-state index in [0.29, 0.717) is 23.5 Å². The summed E-state index contributed by atoms with van der Waals surface area (Å²) < 4.78 is 7.12. The molecule has 3 rings (SSSR count). The molecule has 2 aromatic rings. The summed E-state index contributed by atoms with van der Waals surface area (Å²) in [6.45, 7) is 3.69. The number of imidazole rings is 1. The molecule has 0 saturated carbocycles. The normalized spacial score (nSPS) is 31.8. The molecule has 1 fully saturated rings. The summed E-state index contributed by atoms with van der Waals surface area (Å²) in [4.78, 5) is 12.6. The first-order chi connectivity index (χ1) is 10.5. The van der Waals surface area contributed by atoms with E-state index in [4.69, 9.17) is 4.74 Å². The first-order valence-electron chi connectivity index (χ1n) is 7.08. The fourth-order valence-corrected chi connectivity index (χ4v) is 2.71. The first kappa shape index (κ1) is 15.1. The lowest BCUT2D eigenvalue weighted by Crippen LogP contribution is -2.44. The fraction of sp³-hybridized carbons (Fsp3) is 0.615. The number of hydrogen-bond donors (Lipinski definition) is 4. The van der Waals surface area contributed by atoms with Gasteiger partial charge in [0.2, 0.25) is 0 Å². The van der Waals surface area contributed by atoms with Crippen molar-refractivity contribution in [2.45, 2.75) is 37.9 Å². The summed E-state index contributed by atoms with van der Waals surface area (Å²) in [6.07, 6.45) is -0.120. The van der Waals surface area contributed by atoms with E-state index >= 15 is 0 Å². The van der Waals surface area contributed by atoms with E-state index in [-0.39, 0.29) is 0 Å². The largest absolute Gasteiger partial charge is 0.394 e. The number of nitrogens with one attached hydrogen (secondary N) is 1. The quantitative estimate of drug-likeness (QED) is 0.582. The zero-order chi connectivity index (χ0) is 15.9. The van der Waals surface area contributed by atoms with Gasteiger partial charge in [0, 0.05) is 6.54 Å². The fourth-order valence-electron chi connectivity index (χ4n) is 2.71. The van der Waals surface area contributed by atoms with Gasteiger partial charge in [-0.05, 0) is 13.8 Å². The molecular weight excluding hydrogens is 290 g/mol. The molecule has 9 heteroatoms. The lowest BCUT2D eigenvalue weighted by molar-refractivity contribution is -0.0950.